The summed E-state index contributed by atoms with van der Waals surface area (Å²) in [6.07, 6.45) is 6.01. The fourth-order valence-electron chi connectivity index (χ4n) is 4.23. The van der Waals surface area contributed by atoms with Crippen molar-refractivity contribution in [2.45, 2.75) is 45.4 Å². The molecule has 1 aliphatic carbocycles. The maximum atomic E-state index is 12.8. The van der Waals surface area contributed by atoms with Crippen molar-refractivity contribution >= 4 is 17.5 Å². The zero-order chi connectivity index (χ0) is 19.3. The second kappa shape index (κ2) is 8.85. The summed E-state index contributed by atoms with van der Waals surface area (Å²) in [5.41, 5.74) is 8.11. The maximum Gasteiger partial charge on any atom is 0.254 e. The molecule has 6 heteroatoms. The number of nitrogens with two attached hydrogens (primary N) is 1. The smallest absolute Gasteiger partial charge is 0.254 e. The normalized spacial score (nSPS) is 19.6. The fraction of sp³-hybridized carbons (Fsp3) is 0.619. The molecule has 1 aromatic carbocycles. The topological polar surface area (TPSA) is 84.7 Å². The highest BCUT2D eigenvalue weighted by Gasteiger charge is 2.33. The maximum absolute atomic E-state index is 12.8. The lowest BCUT2D eigenvalue weighted by Gasteiger charge is -2.35. The first-order valence-electron chi connectivity index (χ1n) is 10.0. The Hall–Kier alpha value is -1.92. The van der Waals surface area contributed by atoms with Crippen LogP contribution in [0.5, 0.6) is 0 Å². The number of morpholine rings is 1. The Kier molecular flexibility index (Phi) is 6.50. The number of ether oxygens (including phenoxy) is 1. The summed E-state index contributed by atoms with van der Waals surface area (Å²) in [6.45, 7) is 4.80. The Morgan fingerprint density at radius 2 is 1.89 bits per heavy atom. The van der Waals surface area contributed by atoms with Gasteiger partial charge >= 0.3 is 0 Å². The molecular weight excluding hydrogens is 342 g/mol. The molecule has 0 bridgehead atoms. The number of nitrogens with one attached hydrogen (secondary N) is 1. The third-order valence-corrected chi connectivity index (χ3v) is 6.02. The molecule has 3 rings (SSSR count). The lowest BCUT2D eigenvalue weighted by Crippen LogP contribution is -2.41. The molecule has 0 unspecified atom stereocenters. The number of nitrogens with zero attached hydrogens (tertiary/aromatic N) is 1. The number of benzene rings is 1. The van der Waals surface area contributed by atoms with Crippen molar-refractivity contribution in [3.63, 3.8) is 0 Å². The zero-order valence-corrected chi connectivity index (χ0v) is 16.3. The minimum Gasteiger partial charge on any atom is -0.378 e. The molecule has 1 saturated carbocycles. The van der Waals surface area contributed by atoms with Crippen molar-refractivity contribution in [3.8, 4) is 0 Å². The second-order valence-electron chi connectivity index (χ2n) is 7.87. The van der Waals surface area contributed by atoms with Gasteiger partial charge in [0.2, 0.25) is 5.91 Å². The molecule has 6 nitrogen and oxygen atoms in total. The first-order chi connectivity index (χ1) is 13.0. The van der Waals surface area contributed by atoms with Gasteiger partial charge in [-0.2, -0.15) is 0 Å². The molecule has 2 fully saturated rings. The van der Waals surface area contributed by atoms with Crippen LogP contribution in [0.1, 0.15) is 54.4 Å². The van der Waals surface area contributed by atoms with Gasteiger partial charge in [0.05, 0.1) is 13.2 Å². The Balaban J connectivity index is 1.69. The molecule has 2 aliphatic rings. The standard InChI is InChI=1S/C21H31N3O3/c1-16-17(20(26)24-10-12-27-13-11-24)6-5-7-18(16)23-19(25)14-21(15-22)8-3-2-4-9-21/h5-7H,2-4,8-15,22H2,1H3,(H,23,25). The Labute approximate surface area is 161 Å². The number of hydrogen-bond acceptors (Lipinski definition) is 4. The van der Waals surface area contributed by atoms with Crippen LogP contribution in [0.4, 0.5) is 5.69 Å². The van der Waals surface area contributed by atoms with Crippen molar-refractivity contribution in [2.24, 2.45) is 11.1 Å². The molecule has 1 aromatic rings. The largest absolute Gasteiger partial charge is 0.378 e. The first kappa shape index (κ1) is 19.8. The summed E-state index contributed by atoms with van der Waals surface area (Å²) in [6, 6.07) is 5.51. The van der Waals surface area contributed by atoms with E-state index in [9.17, 15) is 9.59 Å². The number of carbonyl (C=O) groups is 2. The fourth-order valence-corrected chi connectivity index (χ4v) is 4.23. The average Bonchev–Trinajstić information content (AvgIpc) is 2.70. The Bertz CT molecular complexity index is 677. The highest BCUT2D eigenvalue weighted by molar-refractivity contribution is 5.99. The highest BCUT2D eigenvalue weighted by Crippen LogP contribution is 2.38. The number of carbonyl (C=O) groups excluding carboxylic acids is 2. The number of rotatable bonds is 5. The number of anilines is 1. The van der Waals surface area contributed by atoms with Gasteiger partial charge in [0.1, 0.15) is 0 Å². The van der Waals surface area contributed by atoms with Crippen LogP contribution in [0, 0.1) is 12.3 Å². The van der Waals surface area contributed by atoms with Gasteiger partial charge in [0, 0.05) is 30.8 Å². The van der Waals surface area contributed by atoms with Crippen LogP contribution < -0.4 is 11.1 Å². The summed E-state index contributed by atoms with van der Waals surface area (Å²) >= 11 is 0. The quantitative estimate of drug-likeness (QED) is 0.831. The van der Waals surface area contributed by atoms with E-state index >= 15 is 0 Å². The molecule has 27 heavy (non-hydrogen) atoms. The molecule has 3 N–H and O–H groups in total. The van der Waals surface area contributed by atoms with Gasteiger partial charge in [-0.05, 0) is 49.4 Å². The summed E-state index contributed by atoms with van der Waals surface area (Å²) in [5.74, 6) is -0.0148. The number of hydrogen-bond donors (Lipinski definition) is 2. The van der Waals surface area contributed by atoms with Crippen LogP contribution in [-0.2, 0) is 9.53 Å². The van der Waals surface area contributed by atoms with Gasteiger partial charge in [-0.1, -0.05) is 25.3 Å². The molecule has 0 radical (unpaired) electrons. The lowest BCUT2D eigenvalue weighted by atomic mass is 9.71. The third-order valence-electron chi connectivity index (χ3n) is 6.02. The van der Waals surface area contributed by atoms with Gasteiger partial charge in [0.15, 0.2) is 0 Å². The van der Waals surface area contributed by atoms with E-state index in [1.165, 1.54) is 6.42 Å². The number of amides is 2. The van der Waals surface area contributed by atoms with Crippen LogP contribution >= 0.6 is 0 Å². The predicted octanol–water partition coefficient (Wildman–Crippen LogP) is 2.71. The molecule has 0 aromatic heterocycles. The minimum absolute atomic E-state index is 0.00221. The monoisotopic (exact) mass is 373 g/mol. The predicted molar refractivity (Wildman–Crippen MR) is 106 cm³/mol. The van der Waals surface area contributed by atoms with Gasteiger partial charge in [0.25, 0.3) is 5.91 Å². The highest BCUT2D eigenvalue weighted by atomic mass is 16.5. The zero-order valence-electron chi connectivity index (χ0n) is 16.3. The summed E-state index contributed by atoms with van der Waals surface area (Å²) in [7, 11) is 0. The van der Waals surface area contributed by atoms with Crippen molar-refractivity contribution < 1.29 is 14.3 Å². The summed E-state index contributed by atoms with van der Waals surface area (Å²) < 4.78 is 5.32. The van der Waals surface area contributed by atoms with E-state index in [0.717, 1.165) is 31.2 Å². The van der Waals surface area contributed by atoms with Crippen molar-refractivity contribution in [1.82, 2.24) is 4.90 Å². The van der Waals surface area contributed by atoms with Crippen molar-refractivity contribution in [3.05, 3.63) is 29.3 Å². The lowest BCUT2D eigenvalue weighted by molar-refractivity contribution is -0.118. The Morgan fingerprint density at radius 1 is 1.19 bits per heavy atom. The molecule has 1 heterocycles. The van der Waals surface area contributed by atoms with Gasteiger partial charge in [-0.3, -0.25) is 9.59 Å². The molecule has 1 aliphatic heterocycles. The van der Waals surface area contributed by atoms with Crippen LogP contribution in [0.15, 0.2) is 18.2 Å². The second-order valence-corrected chi connectivity index (χ2v) is 7.87. The minimum atomic E-state index is -0.0720. The molecule has 0 spiro atoms. The summed E-state index contributed by atoms with van der Waals surface area (Å²) in [4.78, 5) is 27.3. The van der Waals surface area contributed by atoms with Crippen LogP contribution in [0.2, 0.25) is 0 Å². The first-order valence-corrected chi connectivity index (χ1v) is 10.0. The van der Waals surface area contributed by atoms with Crippen molar-refractivity contribution in [2.75, 3.05) is 38.2 Å². The van der Waals surface area contributed by atoms with E-state index < -0.39 is 0 Å². The van der Waals surface area contributed by atoms with Gasteiger partial charge < -0.3 is 20.7 Å². The van der Waals surface area contributed by atoms with Gasteiger partial charge in [-0.15, -0.1) is 0 Å². The average molecular weight is 373 g/mol. The third kappa shape index (κ3) is 4.68. The molecule has 1 saturated heterocycles. The van der Waals surface area contributed by atoms with Crippen LogP contribution in [-0.4, -0.2) is 49.6 Å². The molecule has 2 amide bonds. The molecular formula is C21H31N3O3. The van der Waals surface area contributed by atoms with E-state index in [4.69, 9.17) is 10.5 Å². The van der Waals surface area contributed by atoms with Crippen LogP contribution in [0.25, 0.3) is 0 Å². The van der Waals surface area contributed by atoms with E-state index in [-0.39, 0.29) is 17.2 Å². The van der Waals surface area contributed by atoms with E-state index in [1.807, 2.05) is 30.0 Å². The van der Waals surface area contributed by atoms with E-state index in [2.05, 4.69) is 5.32 Å². The summed E-state index contributed by atoms with van der Waals surface area (Å²) in [5, 5.41) is 3.02. The molecule has 0 atom stereocenters. The van der Waals surface area contributed by atoms with E-state index in [0.29, 0.717) is 50.5 Å². The van der Waals surface area contributed by atoms with Crippen molar-refractivity contribution in [1.29, 1.82) is 0 Å². The van der Waals surface area contributed by atoms with Crippen LogP contribution in [0.3, 0.4) is 0 Å². The van der Waals surface area contributed by atoms with Gasteiger partial charge in [-0.25, -0.2) is 0 Å². The Morgan fingerprint density at radius 3 is 2.56 bits per heavy atom. The SMILES string of the molecule is Cc1c(NC(=O)CC2(CN)CCCCC2)cccc1C(=O)N1CCOCC1. The molecule has 148 valence electrons. The van der Waals surface area contributed by atoms with E-state index in [1.54, 1.807) is 0 Å².